The van der Waals surface area contributed by atoms with Crippen molar-refractivity contribution in [3.63, 3.8) is 0 Å². The van der Waals surface area contributed by atoms with E-state index in [-0.39, 0.29) is 0 Å². The summed E-state index contributed by atoms with van der Waals surface area (Å²) < 4.78 is 38.3. The summed E-state index contributed by atoms with van der Waals surface area (Å²) in [4.78, 5) is 6.10. The SMILES string of the molecule is C=Cc1[nH]cc[n+]1CC.C=Cc1[nH]cc[n+]1CC.CO.O=S(=O)([O-])[O-]. The first-order valence-corrected chi connectivity index (χ1v) is 8.60. The number of hydrogen-bond donors (Lipinski definition) is 3. The molecule has 0 bridgehead atoms. The Balaban J connectivity index is 0. The molecular weight excluding hydrogens is 348 g/mol. The minimum atomic E-state index is -5.17. The average molecular weight is 374 g/mol. The summed E-state index contributed by atoms with van der Waals surface area (Å²) in [5.41, 5.74) is 0. The molecule has 0 unspecified atom stereocenters. The third-order valence-electron chi connectivity index (χ3n) is 2.66. The second-order valence-corrected chi connectivity index (χ2v) is 4.90. The first-order valence-electron chi connectivity index (χ1n) is 7.26. The van der Waals surface area contributed by atoms with Crippen LogP contribution in [-0.2, 0) is 23.5 Å². The highest BCUT2D eigenvalue weighted by atomic mass is 32.3. The lowest BCUT2D eigenvalue weighted by atomic mass is 10.5. The zero-order valence-corrected chi connectivity index (χ0v) is 15.5. The Morgan fingerprint density at radius 2 is 1.28 bits per heavy atom. The maximum Gasteiger partial charge on any atom is 0.278 e. The number of rotatable bonds is 4. The fraction of sp³-hybridized carbons (Fsp3) is 0.333. The summed E-state index contributed by atoms with van der Waals surface area (Å²) in [5, 5.41) is 7.00. The van der Waals surface area contributed by atoms with Crippen LogP contribution in [0.1, 0.15) is 25.5 Å². The Labute approximate surface area is 148 Å². The maximum atomic E-state index is 8.52. The summed E-state index contributed by atoms with van der Waals surface area (Å²) in [6.45, 7) is 13.5. The molecule has 3 N–H and O–H groups in total. The van der Waals surface area contributed by atoms with Crippen LogP contribution in [0, 0.1) is 0 Å². The molecule has 0 aliphatic heterocycles. The summed E-state index contributed by atoms with van der Waals surface area (Å²) in [5.74, 6) is 2.13. The van der Waals surface area contributed by atoms with Gasteiger partial charge in [-0.25, -0.2) is 19.1 Å². The third kappa shape index (κ3) is 12.8. The molecule has 2 rings (SSSR count). The standard InChI is InChI=1S/2C7H10N2.CH4O.H2O4S/c2*1-3-7-8-5-6-9(7)4-2;1-2;1-5(2,3)4/h2*3,5-6H,1,4H2,2H3;2H,1H3;(H2,1,2,3,4). The van der Waals surface area contributed by atoms with Crippen LogP contribution in [0.15, 0.2) is 37.9 Å². The van der Waals surface area contributed by atoms with Gasteiger partial charge in [0, 0.05) is 29.7 Å². The molecule has 2 aromatic heterocycles. The number of nitrogens with zero attached hydrogens (tertiary/aromatic N) is 2. The number of aliphatic hydroxyl groups excluding tert-OH is 1. The molecule has 0 atom stereocenters. The van der Waals surface area contributed by atoms with Gasteiger partial charge in [0.25, 0.3) is 11.6 Å². The zero-order valence-electron chi connectivity index (χ0n) is 14.7. The lowest BCUT2D eigenvalue weighted by Crippen LogP contribution is -2.32. The van der Waals surface area contributed by atoms with Crippen molar-refractivity contribution in [3.05, 3.63) is 49.6 Å². The zero-order chi connectivity index (χ0) is 19.9. The molecule has 0 aromatic carbocycles. The van der Waals surface area contributed by atoms with E-state index in [2.05, 4.69) is 46.1 Å². The summed E-state index contributed by atoms with van der Waals surface area (Å²) >= 11 is 0. The third-order valence-corrected chi connectivity index (χ3v) is 2.66. The van der Waals surface area contributed by atoms with Crippen LogP contribution in [0.4, 0.5) is 0 Å². The van der Waals surface area contributed by atoms with Crippen LogP contribution in [0.25, 0.3) is 12.2 Å². The summed E-state index contributed by atoms with van der Waals surface area (Å²) in [6.07, 6.45) is 11.4. The van der Waals surface area contributed by atoms with Gasteiger partial charge in [0.2, 0.25) is 0 Å². The lowest BCUT2D eigenvalue weighted by molar-refractivity contribution is -0.694. The van der Waals surface area contributed by atoms with Crippen molar-refractivity contribution in [2.75, 3.05) is 7.11 Å². The molecule has 2 heterocycles. The largest absolute Gasteiger partial charge is 0.759 e. The van der Waals surface area contributed by atoms with Crippen LogP contribution in [-0.4, -0.2) is 39.7 Å². The van der Waals surface area contributed by atoms with Crippen LogP contribution in [0.5, 0.6) is 0 Å². The Kier molecular flexibility index (Phi) is 14.1. The molecule has 142 valence electrons. The highest BCUT2D eigenvalue weighted by Gasteiger charge is 2.01. The maximum absolute atomic E-state index is 8.52. The fourth-order valence-electron chi connectivity index (χ4n) is 1.66. The van der Waals surface area contributed by atoms with Gasteiger partial charge < -0.3 is 14.2 Å². The van der Waals surface area contributed by atoms with Crippen molar-refractivity contribution in [1.82, 2.24) is 9.97 Å². The Morgan fingerprint density at radius 3 is 1.44 bits per heavy atom. The number of hydrogen-bond acceptors (Lipinski definition) is 5. The van der Waals surface area contributed by atoms with E-state index in [1.54, 1.807) is 0 Å². The van der Waals surface area contributed by atoms with E-state index in [0.29, 0.717) is 0 Å². The molecule has 10 heteroatoms. The van der Waals surface area contributed by atoms with Crippen LogP contribution in [0.2, 0.25) is 0 Å². The molecule has 0 saturated heterocycles. The van der Waals surface area contributed by atoms with Gasteiger partial charge in [-0.3, -0.25) is 8.42 Å². The predicted octanol–water partition coefficient (Wildman–Crippen LogP) is 0.201. The first kappa shape index (κ1) is 25.0. The van der Waals surface area contributed by atoms with E-state index in [9.17, 15) is 0 Å². The molecule has 25 heavy (non-hydrogen) atoms. The van der Waals surface area contributed by atoms with E-state index in [4.69, 9.17) is 22.6 Å². The molecule has 0 amide bonds. The number of nitrogens with one attached hydrogen (secondary N) is 2. The number of aromatic nitrogens is 4. The molecule has 2 aromatic rings. The highest BCUT2D eigenvalue weighted by molar-refractivity contribution is 7.79. The molecule has 0 aliphatic carbocycles. The minimum Gasteiger partial charge on any atom is -0.759 e. The van der Waals surface area contributed by atoms with Gasteiger partial charge in [-0.05, 0) is 13.8 Å². The van der Waals surface area contributed by atoms with Crippen molar-refractivity contribution >= 4 is 22.6 Å². The first-order chi connectivity index (χ1) is 11.8. The fourth-order valence-corrected chi connectivity index (χ4v) is 1.66. The molecule has 9 nitrogen and oxygen atoms in total. The van der Waals surface area contributed by atoms with Gasteiger partial charge in [-0.15, -0.1) is 0 Å². The summed E-state index contributed by atoms with van der Waals surface area (Å²) in [6, 6.07) is 0. The quantitative estimate of drug-likeness (QED) is 0.398. The molecule has 0 saturated carbocycles. The average Bonchev–Trinajstić information content (AvgIpc) is 3.23. The monoisotopic (exact) mass is 374 g/mol. The van der Waals surface area contributed by atoms with Crippen LogP contribution in [0.3, 0.4) is 0 Å². The molecule has 0 fully saturated rings. The van der Waals surface area contributed by atoms with Gasteiger partial charge in [0.05, 0.1) is 13.1 Å². The number of imidazole rings is 2. The van der Waals surface area contributed by atoms with E-state index in [1.807, 2.05) is 36.9 Å². The van der Waals surface area contributed by atoms with Crippen molar-refractivity contribution < 1.29 is 31.8 Å². The van der Waals surface area contributed by atoms with Crippen molar-refractivity contribution in [3.8, 4) is 0 Å². The van der Waals surface area contributed by atoms with Crippen molar-refractivity contribution in [2.24, 2.45) is 0 Å². The number of aromatic amines is 2. The molecule has 0 radical (unpaired) electrons. The van der Waals surface area contributed by atoms with E-state index in [1.165, 1.54) is 0 Å². The highest BCUT2D eigenvalue weighted by Crippen LogP contribution is 1.86. The Bertz CT molecular complexity index is 653. The van der Waals surface area contributed by atoms with Gasteiger partial charge >= 0.3 is 0 Å². The topological polar surface area (TPSA) is 140 Å². The normalized spacial score (nSPS) is 9.36. The van der Waals surface area contributed by atoms with Crippen LogP contribution >= 0.6 is 0 Å². The second-order valence-electron chi connectivity index (χ2n) is 4.08. The van der Waals surface area contributed by atoms with Gasteiger partial charge in [0.15, 0.2) is 0 Å². The van der Waals surface area contributed by atoms with E-state index < -0.39 is 10.4 Å². The van der Waals surface area contributed by atoms with Crippen molar-refractivity contribution in [2.45, 2.75) is 26.9 Å². The van der Waals surface area contributed by atoms with Gasteiger partial charge in [-0.2, -0.15) is 0 Å². The molecular formula is C15H26N4O5S. The van der Waals surface area contributed by atoms with E-state index >= 15 is 0 Å². The number of aryl methyl sites for hydroxylation is 2. The lowest BCUT2D eigenvalue weighted by Gasteiger charge is -2.06. The minimum absolute atomic E-state index is 0.991. The predicted molar refractivity (Wildman–Crippen MR) is 92.1 cm³/mol. The number of aliphatic hydroxyl groups is 1. The number of H-pyrrole nitrogens is 2. The smallest absolute Gasteiger partial charge is 0.278 e. The van der Waals surface area contributed by atoms with E-state index in [0.717, 1.165) is 31.8 Å². The Morgan fingerprint density at radius 1 is 1.00 bits per heavy atom. The molecule has 0 aliphatic rings. The van der Waals surface area contributed by atoms with Gasteiger partial charge in [0.1, 0.15) is 24.8 Å². The van der Waals surface area contributed by atoms with Crippen molar-refractivity contribution in [1.29, 1.82) is 0 Å². The second kappa shape index (κ2) is 14.1. The van der Waals surface area contributed by atoms with Gasteiger partial charge in [-0.1, -0.05) is 13.2 Å². The summed E-state index contributed by atoms with van der Waals surface area (Å²) in [7, 11) is -4.17. The Hall–Kier alpha value is -2.27. The van der Waals surface area contributed by atoms with Crippen LogP contribution < -0.4 is 9.13 Å². The molecule has 0 spiro atoms.